The lowest BCUT2D eigenvalue weighted by Crippen LogP contribution is -2.30. The Morgan fingerprint density at radius 1 is 1.43 bits per heavy atom. The highest BCUT2D eigenvalue weighted by molar-refractivity contribution is 9.10. The Kier molecular flexibility index (Phi) is 3.97. The zero-order valence-corrected chi connectivity index (χ0v) is 14.1. The zero-order chi connectivity index (χ0) is 16.7. The van der Waals surface area contributed by atoms with E-state index in [0.717, 1.165) is 5.70 Å². The third-order valence-electron chi connectivity index (χ3n) is 4.00. The first-order chi connectivity index (χ1) is 10.9. The number of methoxy groups -OCH3 is 1. The predicted octanol–water partition coefficient (Wildman–Crippen LogP) is 2.11. The van der Waals surface area contributed by atoms with Gasteiger partial charge in [0.15, 0.2) is 0 Å². The van der Waals surface area contributed by atoms with Crippen molar-refractivity contribution >= 4 is 27.8 Å². The molecule has 0 bridgehead atoms. The van der Waals surface area contributed by atoms with Crippen LogP contribution in [0.15, 0.2) is 45.2 Å². The molecule has 1 amide bonds. The number of ether oxygens (including phenoxy) is 1. The maximum Gasteiger partial charge on any atom is 0.336 e. The van der Waals surface area contributed by atoms with Crippen molar-refractivity contribution in [2.75, 3.05) is 13.7 Å². The number of carbonyl (C=O) groups is 2. The van der Waals surface area contributed by atoms with Crippen LogP contribution in [0, 0.1) is 5.82 Å². The fraction of sp³-hybridized carbons (Fsp3) is 0.250. The van der Waals surface area contributed by atoms with E-state index in [2.05, 4.69) is 26.6 Å². The molecule has 0 aliphatic carbocycles. The van der Waals surface area contributed by atoms with Crippen LogP contribution in [-0.4, -0.2) is 25.5 Å². The van der Waals surface area contributed by atoms with Crippen molar-refractivity contribution in [3.05, 3.63) is 56.6 Å². The van der Waals surface area contributed by atoms with Crippen molar-refractivity contribution in [2.45, 2.75) is 12.8 Å². The van der Waals surface area contributed by atoms with Crippen LogP contribution in [0.5, 0.6) is 0 Å². The number of hydrogen-bond acceptors (Lipinski definition) is 4. The Morgan fingerprint density at radius 3 is 2.83 bits per heavy atom. The summed E-state index contributed by atoms with van der Waals surface area (Å²) in [5.41, 5.74) is 2.81. The molecule has 2 aliphatic heterocycles. The Bertz CT molecular complexity index is 786. The number of allylic oxidation sites excluding steroid dienone is 1. The molecule has 23 heavy (non-hydrogen) atoms. The molecule has 0 saturated carbocycles. The van der Waals surface area contributed by atoms with Crippen LogP contribution in [0.4, 0.5) is 4.39 Å². The van der Waals surface area contributed by atoms with Gasteiger partial charge in [-0.25, -0.2) is 9.18 Å². The van der Waals surface area contributed by atoms with Gasteiger partial charge in [-0.1, -0.05) is 6.07 Å². The molecule has 1 aromatic rings. The molecule has 7 heteroatoms. The van der Waals surface area contributed by atoms with E-state index in [0.29, 0.717) is 29.0 Å². The Hall–Kier alpha value is -2.15. The van der Waals surface area contributed by atoms with Crippen LogP contribution < -0.4 is 10.6 Å². The van der Waals surface area contributed by atoms with Gasteiger partial charge in [0, 0.05) is 11.4 Å². The summed E-state index contributed by atoms with van der Waals surface area (Å²) in [5.74, 6) is -1.77. The average molecular weight is 381 g/mol. The van der Waals surface area contributed by atoms with Gasteiger partial charge in [-0.15, -0.1) is 0 Å². The second-order valence-electron chi connectivity index (χ2n) is 5.34. The van der Waals surface area contributed by atoms with Gasteiger partial charge >= 0.3 is 5.97 Å². The van der Waals surface area contributed by atoms with Crippen molar-refractivity contribution in [3.8, 4) is 0 Å². The third kappa shape index (κ3) is 2.55. The zero-order valence-electron chi connectivity index (χ0n) is 12.5. The molecule has 1 atom stereocenters. The highest BCUT2D eigenvalue weighted by Crippen LogP contribution is 2.40. The maximum absolute atomic E-state index is 13.6. The van der Waals surface area contributed by atoms with Crippen molar-refractivity contribution in [1.82, 2.24) is 10.6 Å². The van der Waals surface area contributed by atoms with Gasteiger partial charge in [0.2, 0.25) is 5.91 Å². The second kappa shape index (κ2) is 5.81. The largest absolute Gasteiger partial charge is 0.466 e. The molecular formula is C16H14BrFN2O3. The van der Waals surface area contributed by atoms with Crippen LogP contribution in [-0.2, 0) is 14.3 Å². The average Bonchev–Trinajstić information content (AvgIpc) is 2.89. The van der Waals surface area contributed by atoms with Gasteiger partial charge in [0.25, 0.3) is 0 Å². The first-order valence-electron chi connectivity index (χ1n) is 6.96. The minimum Gasteiger partial charge on any atom is -0.466 e. The molecule has 2 aliphatic rings. The van der Waals surface area contributed by atoms with Gasteiger partial charge in [0.05, 0.1) is 35.2 Å². The van der Waals surface area contributed by atoms with Crippen molar-refractivity contribution in [1.29, 1.82) is 0 Å². The fourth-order valence-electron chi connectivity index (χ4n) is 2.97. The van der Waals surface area contributed by atoms with Gasteiger partial charge in [-0.3, -0.25) is 4.79 Å². The molecule has 1 aromatic carbocycles. The van der Waals surface area contributed by atoms with E-state index in [1.54, 1.807) is 19.1 Å². The third-order valence-corrected chi connectivity index (χ3v) is 4.61. The summed E-state index contributed by atoms with van der Waals surface area (Å²) in [6, 6.07) is 4.46. The van der Waals surface area contributed by atoms with E-state index in [1.807, 2.05) is 0 Å². The first kappa shape index (κ1) is 15.7. The van der Waals surface area contributed by atoms with Gasteiger partial charge in [0.1, 0.15) is 5.82 Å². The summed E-state index contributed by atoms with van der Waals surface area (Å²) < 4.78 is 18.7. The number of benzene rings is 1. The molecule has 3 rings (SSSR count). The summed E-state index contributed by atoms with van der Waals surface area (Å²) in [7, 11) is 1.29. The van der Waals surface area contributed by atoms with Gasteiger partial charge in [-0.05, 0) is 40.5 Å². The molecule has 0 aromatic heterocycles. The van der Waals surface area contributed by atoms with Crippen LogP contribution in [0.3, 0.4) is 0 Å². The van der Waals surface area contributed by atoms with Crippen molar-refractivity contribution in [3.63, 3.8) is 0 Å². The number of rotatable bonds is 2. The topological polar surface area (TPSA) is 67.4 Å². The first-order valence-corrected chi connectivity index (χ1v) is 7.75. The Labute approximate surface area is 140 Å². The highest BCUT2D eigenvalue weighted by atomic mass is 79.9. The minimum absolute atomic E-state index is 0.244. The standard InChI is InChI=1S/C16H14BrFN2O3/c1-7-12(16(22)23-2)13(8-3-4-10(18)9(17)5-8)14-11(20-7)6-19-15(14)21/h3-5,13,20H,6H2,1-2H3,(H,19,21). The molecular weight excluding hydrogens is 367 g/mol. The van der Waals surface area contributed by atoms with Crippen molar-refractivity contribution < 1.29 is 18.7 Å². The number of nitrogens with one attached hydrogen (secondary N) is 2. The Balaban J connectivity index is 2.20. The smallest absolute Gasteiger partial charge is 0.336 e. The SMILES string of the molecule is COC(=O)C1=C(C)NC2=C(C(=O)NC2)C1c1ccc(F)c(Br)c1. The quantitative estimate of drug-likeness (QED) is 0.771. The molecule has 2 N–H and O–H groups in total. The van der Waals surface area contributed by atoms with Crippen LogP contribution >= 0.6 is 15.9 Å². The van der Waals surface area contributed by atoms with E-state index < -0.39 is 17.7 Å². The maximum atomic E-state index is 13.6. The van der Waals surface area contributed by atoms with Crippen LogP contribution in [0.2, 0.25) is 0 Å². The number of halogens is 2. The molecule has 0 radical (unpaired) electrons. The van der Waals surface area contributed by atoms with E-state index in [1.165, 1.54) is 13.2 Å². The van der Waals surface area contributed by atoms with E-state index in [4.69, 9.17) is 4.74 Å². The summed E-state index contributed by atoms with van der Waals surface area (Å²) in [5, 5.41) is 5.83. The van der Waals surface area contributed by atoms with E-state index in [9.17, 15) is 14.0 Å². The van der Waals surface area contributed by atoms with Gasteiger partial charge < -0.3 is 15.4 Å². The molecule has 0 saturated heterocycles. The highest BCUT2D eigenvalue weighted by Gasteiger charge is 2.40. The molecule has 5 nitrogen and oxygen atoms in total. The fourth-order valence-corrected chi connectivity index (χ4v) is 3.37. The lowest BCUT2D eigenvalue weighted by molar-refractivity contribution is -0.136. The van der Waals surface area contributed by atoms with E-state index in [-0.39, 0.29) is 10.4 Å². The summed E-state index contributed by atoms with van der Waals surface area (Å²) in [4.78, 5) is 24.5. The molecule has 0 spiro atoms. The van der Waals surface area contributed by atoms with Crippen molar-refractivity contribution in [2.24, 2.45) is 0 Å². The number of dihydropyridines is 1. The molecule has 120 valence electrons. The molecule has 0 fully saturated rings. The lowest BCUT2D eigenvalue weighted by Gasteiger charge is -2.28. The number of hydrogen-bond donors (Lipinski definition) is 2. The molecule has 2 heterocycles. The van der Waals surface area contributed by atoms with Gasteiger partial charge in [-0.2, -0.15) is 0 Å². The Morgan fingerprint density at radius 2 is 2.17 bits per heavy atom. The number of amides is 1. The van der Waals surface area contributed by atoms with E-state index >= 15 is 0 Å². The summed E-state index contributed by atoms with van der Waals surface area (Å²) >= 11 is 3.15. The monoisotopic (exact) mass is 380 g/mol. The summed E-state index contributed by atoms with van der Waals surface area (Å²) in [6.07, 6.45) is 0. The summed E-state index contributed by atoms with van der Waals surface area (Å²) in [6.45, 7) is 2.13. The minimum atomic E-state index is -0.599. The number of carbonyl (C=O) groups excluding carboxylic acids is 2. The lowest BCUT2D eigenvalue weighted by atomic mass is 9.81. The van der Waals surface area contributed by atoms with Crippen LogP contribution in [0.1, 0.15) is 18.4 Å². The normalized spacial score (nSPS) is 20.2. The second-order valence-corrected chi connectivity index (χ2v) is 6.19. The van der Waals surface area contributed by atoms with Crippen LogP contribution in [0.25, 0.3) is 0 Å². The number of esters is 1. The predicted molar refractivity (Wildman–Crippen MR) is 84.7 cm³/mol. The molecule has 1 unspecified atom stereocenters.